The number of hydrogen-bond donors (Lipinski definition) is 1. The Kier molecular flexibility index (Phi) is 3.17. The van der Waals surface area contributed by atoms with Gasteiger partial charge in [0.15, 0.2) is 0 Å². The fourth-order valence-corrected chi connectivity index (χ4v) is 5.71. The summed E-state index contributed by atoms with van der Waals surface area (Å²) in [5.41, 5.74) is 4.36. The Hall–Kier alpha value is -2.07. The highest BCUT2D eigenvalue weighted by Gasteiger charge is 2.60. The predicted molar refractivity (Wildman–Crippen MR) is 97.5 cm³/mol. The second-order valence-electron chi connectivity index (χ2n) is 7.69. The third-order valence-electron chi connectivity index (χ3n) is 6.55. The Labute approximate surface area is 147 Å². The van der Waals surface area contributed by atoms with Gasteiger partial charge in [-0.25, -0.2) is 0 Å². The minimum Gasteiger partial charge on any atom is -0.468 e. The average molecular weight is 336 g/mol. The van der Waals surface area contributed by atoms with E-state index in [9.17, 15) is 4.79 Å². The van der Waals surface area contributed by atoms with Gasteiger partial charge in [-0.3, -0.25) is 9.69 Å². The summed E-state index contributed by atoms with van der Waals surface area (Å²) in [5.74, 6) is 0.345. The van der Waals surface area contributed by atoms with E-state index in [-0.39, 0.29) is 12.0 Å². The number of rotatable bonds is 2. The standard InChI is InChI=1S/C21H24N2O2/c1-3-14-10-13-11-21(20(24)25-2)18-16(8-9-23(12-13)19(14)21)15-6-4-5-7-17(15)22-18/h4-7,10,13,19,22H,3,8-9,11-12H2,1-2H3/t13-,19+,21?/m0/s1. The molecule has 2 aromatic rings. The molecular formula is C21H24N2O2. The van der Waals surface area contributed by atoms with Crippen LogP contribution in [0.4, 0.5) is 0 Å². The summed E-state index contributed by atoms with van der Waals surface area (Å²) in [6, 6.07) is 8.56. The first kappa shape index (κ1) is 15.2. The molecule has 1 fully saturated rings. The Balaban J connectivity index is 1.83. The quantitative estimate of drug-likeness (QED) is 0.677. The number of ether oxygens (including phenoxy) is 1. The maximum atomic E-state index is 13.2. The molecule has 1 aromatic carbocycles. The number of carbonyl (C=O) groups is 1. The van der Waals surface area contributed by atoms with Crippen LogP contribution in [-0.2, 0) is 21.4 Å². The summed E-state index contributed by atoms with van der Waals surface area (Å²) in [7, 11) is 1.53. The fraction of sp³-hybridized carbons (Fsp3) is 0.476. The molecule has 4 bridgehead atoms. The van der Waals surface area contributed by atoms with E-state index >= 15 is 0 Å². The molecule has 2 unspecified atom stereocenters. The Bertz CT molecular complexity index is 896. The number of nitrogens with zero attached hydrogens (tertiary/aromatic N) is 1. The summed E-state index contributed by atoms with van der Waals surface area (Å²) in [6.45, 7) is 4.28. The second-order valence-corrected chi connectivity index (χ2v) is 7.69. The number of aromatic amines is 1. The van der Waals surface area contributed by atoms with Crippen LogP contribution >= 0.6 is 0 Å². The van der Waals surface area contributed by atoms with E-state index in [2.05, 4.69) is 47.1 Å². The molecule has 25 heavy (non-hydrogen) atoms. The monoisotopic (exact) mass is 336 g/mol. The molecule has 4 heteroatoms. The van der Waals surface area contributed by atoms with Crippen molar-refractivity contribution in [2.45, 2.75) is 37.6 Å². The molecule has 4 nitrogen and oxygen atoms in total. The summed E-state index contributed by atoms with van der Waals surface area (Å²) in [6.07, 6.45) is 5.25. The molecule has 130 valence electrons. The van der Waals surface area contributed by atoms with Gasteiger partial charge in [-0.05, 0) is 36.8 Å². The van der Waals surface area contributed by atoms with Gasteiger partial charge in [0, 0.05) is 29.7 Å². The minimum absolute atomic E-state index is 0.0824. The highest BCUT2D eigenvalue weighted by atomic mass is 16.5. The highest BCUT2D eigenvalue weighted by molar-refractivity contribution is 5.92. The first-order chi connectivity index (χ1) is 12.2. The van der Waals surface area contributed by atoms with Gasteiger partial charge < -0.3 is 9.72 Å². The molecule has 3 aliphatic heterocycles. The molecular weight excluding hydrogens is 312 g/mol. The van der Waals surface area contributed by atoms with Crippen LogP contribution < -0.4 is 0 Å². The van der Waals surface area contributed by atoms with Crippen LogP contribution in [0.3, 0.4) is 0 Å². The number of carbonyl (C=O) groups excluding carboxylic acids is 1. The molecule has 0 spiro atoms. The van der Waals surface area contributed by atoms with Crippen LogP contribution in [0.2, 0.25) is 0 Å². The number of aromatic nitrogens is 1. The van der Waals surface area contributed by atoms with Crippen LogP contribution in [-0.4, -0.2) is 42.1 Å². The zero-order valence-electron chi connectivity index (χ0n) is 14.8. The fourth-order valence-electron chi connectivity index (χ4n) is 5.71. The number of methoxy groups -OCH3 is 1. The Morgan fingerprint density at radius 1 is 1.40 bits per heavy atom. The number of benzene rings is 1. The molecule has 0 radical (unpaired) electrons. The number of piperidine rings is 1. The smallest absolute Gasteiger partial charge is 0.319 e. The van der Waals surface area contributed by atoms with E-state index in [1.165, 1.54) is 23.6 Å². The van der Waals surface area contributed by atoms with Gasteiger partial charge >= 0.3 is 5.97 Å². The number of esters is 1. The van der Waals surface area contributed by atoms with Gasteiger partial charge in [-0.2, -0.15) is 0 Å². The van der Waals surface area contributed by atoms with Crippen LogP contribution in [0.5, 0.6) is 0 Å². The molecule has 0 saturated carbocycles. The van der Waals surface area contributed by atoms with Crippen molar-refractivity contribution in [1.29, 1.82) is 0 Å². The summed E-state index contributed by atoms with van der Waals surface area (Å²) in [5, 5.41) is 1.26. The van der Waals surface area contributed by atoms with Crippen molar-refractivity contribution in [3.63, 3.8) is 0 Å². The van der Waals surface area contributed by atoms with E-state index in [4.69, 9.17) is 4.74 Å². The van der Waals surface area contributed by atoms with Crippen molar-refractivity contribution in [3.05, 3.63) is 47.2 Å². The molecule has 4 aliphatic rings. The normalized spacial score (nSPS) is 32.9. The van der Waals surface area contributed by atoms with E-state index in [0.717, 1.165) is 43.6 Å². The molecule has 1 aliphatic carbocycles. The third-order valence-corrected chi connectivity index (χ3v) is 6.55. The highest BCUT2D eigenvalue weighted by Crippen LogP contribution is 2.52. The molecule has 4 atom stereocenters. The molecule has 1 saturated heterocycles. The van der Waals surface area contributed by atoms with Crippen LogP contribution in [0.25, 0.3) is 10.9 Å². The lowest BCUT2D eigenvalue weighted by molar-refractivity contribution is -0.153. The Morgan fingerprint density at radius 3 is 3.04 bits per heavy atom. The first-order valence-corrected chi connectivity index (χ1v) is 9.32. The van der Waals surface area contributed by atoms with Crippen molar-refractivity contribution < 1.29 is 9.53 Å². The largest absolute Gasteiger partial charge is 0.468 e. The lowest BCUT2D eigenvalue weighted by Crippen LogP contribution is -2.63. The number of H-pyrrole nitrogens is 1. The lowest BCUT2D eigenvalue weighted by Gasteiger charge is -2.53. The van der Waals surface area contributed by atoms with Crippen LogP contribution in [0.1, 0.15) is 31.0 Å². The van der Waals surface area contributed by atoms with Crippen LogP contribution in [0.15, 0.2) is 35.9 Å². The average Bonchev–Trinajstić information content (AvgIpc) is 3.00. The van der Waals surface area contributed by atoms with Crippen molar-refractivity contribution in [2.75, 3.05) is 20.2 Å². The molecule has 4 heterocycles. The van der Waals surface area contributed by atoms with Crippen molar-refractivity contribution in [3.8, 4) is 0 Å². The molecule has 1 N–H and O–H groups in total. The number of fused-ring (bicyclic) bond motifs is 3. The number of hydrogen-bond acceptors (Lipinski definition) is 3. The van der Waals surface area contributed by atoms with Gasteiger partial charge in [-0.1, -0.05) is 36.8 Å². The summed E-state index contributed by atoms with van der Waals surface area (Å²) in [4.78, 5) is 19.4. The molecule has 0 amide bonds. The topological polar surface area (TPSA) is 45.3 Å². The number of nitrogens with one attached hydrogen (secondary N) is 1. The summed E-state index contributed by atoms with van der Waals surface area (Å²) < 4.78 is 5.41. The zero-order chi connectivity index (χ0) is 17.2. The lowest BCUT2D eigenvalue weighted by atomic mass is 9.60. The molecule has 1 aromatic heterocycles. The van der Waals surface area contributed by atoms with E-state index in [1.807, 2.05) is 0 Å². The van der Waals surface area contributed by atoms with Gasteiger partial charge in [0.1, 0.15) is 5.41 Å². The van der Waals surface area contributed by atoms with Gasteiger partial charge in [-0.15, -0.1) is 0 Å². The molecule has 6 rings (SSSR count). The predicted octanol–water partition coefficient (Wildman–Crippen LogP) is 3.18. The van der Waals surface area contributed by atoms with Gasteiger partial charge in [0.2, 0.25) is 0 Å². The van der Waals surface area contributed by atoms with Gasteiger partial charge in [0.05, 0.1) is 13.2 Å². The van der Waals surface area contributed by atoms with Gasteiger partial charge in [0.25, 0.3) is 0 Å². The van der Waals surface area contributed by atoms with E-state index < -0.39 is 5.41 Å². The van der Waals surface area contributed by atoms with Crippen LogP contribution in [0, 0.1) is 5.92 Å². The maximum Gasteiger partial charge on any atom is 0.319 e. The maximum absolute atomic E-state index is 13.2. The number of para-hydroxylation sites is 1. The first-order valence-electron chi connectivity index (χ1n) is 9.32. The Morgan fingerprint density at radius 2 is 2.24 bits per heavy atom. The SMILES string of the molecule is CCC1=C[C@@H]2CN3CCc4c([nH]c5ccccc45)C(C(=O)OC)(C2)[C@@H]13. The zero-order valence-corrected chi connectivity index (χ0v) is 14.8. The van der Waals surface area contributed by atoms with Crippen molar-refractivity contribution in [2.24, 2.45) is 5.92 Å². The van der Waals surface area contributed by atoms with Crippen molar-refractivity contribution >= 4 is 16.9 Å². The van der Waals surface area contributed by atoms with E-state index in [0.29, 0.717) is 5.92 Å². The van der Waals surface area contributed by atoms with Crippen molar-refractivity contribution in [1.82, 2.24) is 9.88 Å². The summed E-state index contributed by atoms with van der Waals surface area (Å²) >= 11 is 0. The third kappa shape index (κ3) is 1.83. The minimum atomic E-state index is -0.595. The van der Waals surface area contributed by atoms with E-state index in [1.54, 1.807) is 0 Å². The second kappa shape index (κ2) is 5.21.